The molecule has 0 fully saturated rings. The molecule has 3 rings (SSSR count). The highest BCUT2D eigenvalue weighted by molar-refractivity contribution is 6.01. The van der Waals surface area contributed by atoms with Gasteiger partial charge in [-0.2, -0.15) is 0 Å². The van der Waals surface area contributed by atoms with Crippen molar-refractivity contribution in [3.63, 3.8) is 0 Å². The number of rotatable bonds is 4. The Morgan fingerprint density at radius 1 is 1.00 bits per heavy atom. The van der Waals surface area contributed by atoms with Crippen molar-refractivity contribution in [1.29, 1.82) is 0 Å². The van der Waals surface area contributed by atoms with Crippen LogP contribution < -0.4 is 10.1 Å². The lowest BCUT2D eigenvalue weighted by Crippen LogP contribution is -2.27. The fourth-order valence-corrected chi connectivity index (χ4v) is 3.14. The zero-order chi connectivity index (χ0) is 18.0. The minimum absolute atomic E-state index is 0.0800. The fourth-order valence-electron chi connectivity index (χ4n) is 3.14. The van der Waals surface area contributed by atoms with Gasteiger partial charge in [0.1, 0.15) is 5.75 Å². The second-order valence-corrected chi connectivity index (χ2v) is 6.45. The number of carbonyl (C=O) groups is 1. The second kappa shape index (κ2) is 6.98. The molecule has 3 aromatic carbocycles. The summed E-state index contributed by atoms with van der Waals surface area (Å²) in [5.41, 5.74) is 4.04. The van der Waals surface area contributed by atoms with E-state index >= 15 is 0 Å². The molecule has 0 aliphatic rings. The van der Waals surface area contributed by atoms with E-state index in [0.717, 1.165) is 16.3 Å². The average molecular weight is 333 g/mol. The molecule has 0 aliphatic carbocycles. The predicted octanol–water partition coefficient (Wildman–Crippen LogP) is 4.96. The molecule has 3 heteroatoms. The Hall–Kier alpha value is -2.81. The Labute approximate surface area is 148 Å². The smallest absolute Gasteiger partial charge is 0.255 e. The molecule has 0 saturated heterocycles. The number of hydrogen-bond acceptors (Lipinski definition) is 2. The average Bonchev–Trinajstić information content (AvgIpc) is 2.62. The molecule has 3 aromatic rings. The molecule has 1 N–H and O–H groups in total. The summed E-state index contributed by atoms with van der Waals surface area (Å²) in [4.78, 5) is 12.9. The SMILES string of the molecule is COc1cc2ccccc2cc1C(=O)NC(C)c1cc(C)ccc1C. The van der Waals surface area contributed by atoms with Crippen LogP contribution in [-0.2, 0) is 0 Å². The van der Waals surface area contributed by atoms with Crippen LogP contribution in [0.2, 0.25) is 0 Å². The minimum Gasteiger partial charge on any atom is -0.496 e. The number of ether oxygens (including phenoxy) is 1. The third-order valence-electron chi connectivity index (χ3n) is 4.56. The lowest BCUT2D eigenvalue weighted by atomic mass is 9.99. The highest BCUT2D eigenvalue weighted by atomic mass is 16.5. The summed E-state index contributed by atoms with van der Waals surface area (Å²) in [5.74, 6) is 0.459. The molecule has 3 nitrogen and oxygen atoms in total. The Kier molecular flexibility index (Phi) is 4.75. The molecule has 0 saturated carbocycles. The Bertz CT molecular complexity index is 930. The fraction of sp³-hybridized carbons (Fsp3) is 0.227. The first kappa shape index (κ1) is 17.0. The van der Waals surface area contributed by atoms with Crippen LogP contribution in [0.15, 0.2) is 54.6 Å². The lowest BCUT2D eigenvalue weighted by molar-refractivity contribution is 0.0937. The van der Waals surface area contributed by atoms with Gasteiger partial charge in [0.2, 0.25) is 0 Å². The lowest BCUT2D eigenvalue weighted by Gasteiger charge is -2.18. The van der Waals surface area contributed by atoms with Crippen molar-refractivity contribution in [1.82, 2.24) is 5.32 Å². The Morgan fingerprint density at radius 2 is 1.68 bits per heavy atom. The standard InChI is InChI=1S/C22H23NO2/c1-14-9-10-15(2)19(11-14)16(3)23-22(24)20-12-17-7-5-6-8-18(17)13-21(20)25-4/h5-13,16H,1-4H3,(H,23,24). The first-order valence-electron chi connectivity index (χ1n) is 8.44. The molecule has 128 valence electrons. The summed E-state index contributed by atoms with van der Waals surface area (Å²) in [6.45, 7) is 6.13. The van der Waals surface area contributed by atoms with Gasteiger partial charge in [0.05, 0.1) is 18.7 Å². The highest BCUT2D eigenvalue weighted by Crippen LogP contribution is 2.27. The molecule has 0 heterocycles. The molecule has 0 bridgehead atoms. The van der Waals surface area contributed by atoms with E-state index in [-0.39, 0.29) is 11.9 Å². The number of methoxy groups -OCH3 is 1. The van der Waals surface area contributed by atoms with Gasteiger partial charge in [0, 0.05) is 0 Å². The van der Waals surface area contributed by atoms with Crippen LogP contribution >= 0.6 is 0 Å². The summed E-state index contributed by atoms with van der Waals surface area (Å²) in [6, 6.07) is 18.0. The number of fused-ring (bicyclic) bond motifs is 1. The van der Waals surface area contributed by atoms with Crippen molar-refractivity contribution >= 4 is 16.7 Å². The molecule has 1 atom stereocenters. The maximum absolute atomic E-state index is 12.9. The van der Waals surface area contributed by atoms with Crippen LogP contribution in [0.5, 0.6) is 5.75 Å². The summed E-state index contributed by atoms with van der Waals surface area (Å²) < 4.78 is 5.44. The van der Waals surface area contributed by atoms with Gasteiger partial charge >= 0.3 is 0 Å². The molecule has 0 radical (unpaired) electrons. The normalized spacial score (nSPS) is 12.0. The number of nitrogens with one attached hydrogen (secondary N) is 1. The molecule has 0 aliphatic heterocycles. The number of carbonyl (C=O) groups excluding carboxylic acids is 1. The van der Waals surface area contributed by atoms with E-state index in [2.05, 4.69) is 37.4 Å². The molecule has 25 heavy (non-hydrogen) atoms. The van der Waals surface area contributed by atoms with E-state index in [0.29, 0.717) is 11.3 Å². The third-order valence-corrected chi connectivity index (χ3v) is 4.56. The van der Waals surface area contributed by atoms with E-state index in [1.807, 2.05) is 43.3 Å². The second-order valence-electron chi connectivity index (χ2n) is 6.45. The number of hydrogen-bond donors (Lipinski definition) is 1. The summed E-state index contributed by atoms with van der Waals surface area (Å²) in [7, 11) is 1.59. The molecule has 0 spiro atoms. The van der Waals surface area contributed by atoms with E-state index in [9.17, 15) is 4.79 Å². The van der Waals surface area contributed by atoms with Gasteiger partial charge in [0.15, 0.2) is 0 Å². The van der Waals surface area contributed by atoms with Crippen LogP contribution in [-0.4, -0.2) is 13.0 Å². The maximum Gasteiger partial charge on any atom is 0.255 e. The monoisotopic (exact) mass is 333 g/mol. The first-order valence-corrected chi connectivity index (χ1v) is 8.44. The van der Waals surface area contributed by atoms with Crippen LogP contribution in [0.1, 0.15) is 40.0 Å². The van der Waals surface area contributed by atoms with Crippen LogP contribution in [0.25, 0.3) is 10.8 Å². The van der Waals surface area contributed by atoms with Gasteiger partial charge < -0.3 is 10.1 Å². The van der Waals surface area contributed by atoms with Crippen molar-refractivity contribution in [3.05, 3.63) is 76.9 Å². The van der Waals surface area contributed by atoms with Gasteiger partial charge in [-0.1, -0.05) is 48.0 Å². The molecule has 1 amide bonds. The van der Waals surface area contributed by atoms with Crippen LogP contribution in [0.4, 0.5) is 0 Å². The number of aryl methyl sites for hydroxylation is 2. The molecular formula is C22H23NO2. The van der Waals surface area contributed by atoms with Crippen molar-refractivity contribution in [3.8, 4) is 5.75 Å². The maximum atomic E-state index is 12.9. The minimum atomic E-state index is -0.129. The van der Waals surface area contributed by atoms with E-state index < -0.39 is 0 Å². The van der Waals surface area contributed by atoms with E-state index in [1.165, 1.54) is 11.1 Å². The quantitative estimate of drug-likeness (QED) is 0.733. The van der Waals surface area contributed by atoms with E-state index in [1.54, 1.807) is 7.11 Å². The predicted molar refractivity (Wildman–Crippen MR) is 102 cm³/mol. The Balaban J connectivity index is 1.92. The van der Waals surface area contributed by atoms with Crippen LogP contribution in [0, 0.1) is 13.8 Å². The van der Waals surface area contributed by atoms with Crippen molar-refractivity contribution in [2.45, 2.75) is 26.8 Å². The topological polar surface area (TPSA) is 38.3 Å². The Morgan fingerprint density at radius 3 is 2.36 bits per heavy atom. The molecule has 0 aromatic heterocycles. The summed E-state index contributed by atoms with van der Waals surface area (Å²) in [5, 5.41) is 5.18. The van der Waals surface area contributed by atoms with Gasteiger partial charge in [-0.05, 0) is 54.8 Å². The van der Waals surface area contributed by atoms with Crippen molar-refractivity contribution in [2.24, 2.45) is 0 Å². The third kappa shape index (κ3) is 3.50. The van der Waals surface area contributed by atoms with E-state index in [4.69, 9.17) is 4.74 Å². The van der Waals surface area contributed by atoms with Crippen LogP contribution in [0.3, 0.4) is 0 Å². The van der Waals surface area contributed by atoms with Gasteiger partial charge in [-0.3, -0.25) is 4.79 Å². The van der Waals surface area contributed by atoms with Crippen molar-refractivity contribution < 1.29 is 9.53 Å². The zero-order valence-corrected chi connectivity index (χ0v) is 15.1. The number of benzene rings is 3. The largest absolute Gasteiger partial charge is 0.496 e. The summed E-state index contributed by atoms with van der Waals surface area (Å²) in [6.07, 6.45) is 0. The van der Waals surface area contributed by atoms with Gasteiger partial charge in [0.25, 0.3) is 5.91 Å². The highest BCUT2D eigenvalue weighted by Gasteiger charge is 2.17. The van der Waals surface area contributed by atoms with Gasteiger partial charge in [-0.15, -0.1) is 0 Å². The first-order chi connectivity index (χ1) is 12.0. The molecule has 1 unspecified atom stereocenters. The summed E-state index contributed by atoms with van der Waals surface area (Å²) >= 11 is 0. The molecular weight excluding hydrogens is 310 g/mol. The van der Waals surface area contributed by atoms with Gasteiger partial charge in [-0.25, -0.2) is 0 Å². The number of amides is 1. The zero-order valence-electron chi connectivity index (χ0n) is 15.1. The van der Waals surface area contributed by atoms with Crippen molar-refractivity contribution in [2.75, 3.05) is 7.11 Å².